The summed E-state index contributed by atoms with van der Waals surface area (Å²) >= 11 is 0. The van der Waals surface area contributed by atoms with Gasteiger partial charge in [0.2, 0.25) is 6.17 Å². The zero-order valence-electron chi connectivity index (χ0n) is 3.80. The standard InChI is InChI=1S/C4H3F4/c5-2-1-4(7,8)3(2)6/h2H,1H2. The first-order valence-electron chi connectivity index (χ1n) is 2.09. The van der Waals surface area contributed by atoms with Crippen molar-refractivity contribution in [3.8, 4) is 0 Å². The van der Waals surface area contributed by atoms with Crippen LogP contribution in [0.5, 0.6) is 0 Å². The molecule has 1 radical (unpaired) electrons. The Morgan fingerprint density at radius 3 is 2.00 bits per heavy atom. The predicted molar refractivity (Wildman–Crippen MR) is 18.8 cm³/mol. The minimum absolute atomic E-state index is 0.987. The van der Waals surface area contributed by atoms with Crippen LogP contribution in [-0.2, 0) is 0 Å². The topological polar surface area (TPSA) is 0 Å². The number of hydrogen-bond donors (Lipinski definition) is 0. The summed E-state index contributed by atoms with van der Waals surface area (Å²) in [6.45, 7) is 0. The van der Waals surface area contributed by atoms with Gasteiger partial charge in [-0.3, -0.25) is 0 Å². The van der Waals surface area contributed by atoms with E-state index in [0.717, 1.165) is 0 Å². The number of alkyl halides is 3. The largest absolute Gasteiger partial charge is 0.290 e. The zero-order valence-corrected chi connectivity index (χ0v) is 3.80. The van der Waals surface area contributed by atoms with Crippen molar-refractivity contribution < 1.29 is 17.6 Å². The second-order valence-electron chi connectivity index (χ2n) is 1.72. The average Bonchev–Trinajstić information content (AvgIpc) is 1.65. The molecule has 4 heteroatoms. The summed E-state index contributed by atoms with van der Waals surface area (Å²) in [7, 11) is 0. The maximum Gasteiger partial charge on any atom is 0.290 e. The van der Waals surface area contributed by atoms with Crippen molar-refractivity contribution in [1.29, 1.82) is 0 Å². The van der Waals surface area contributed by atoms with Gasteiger partial charge < -0.3 is 0 Å². The number of hydrogen-bond acceptors (Lipinski definition) is 0. The fourth-order valence-corrected chi connectivity index (χ4v) is 0.510. The number of halogens is 4. The molecule has 1 fully saturated rings. The lowest BCUT2D eigenvalue weighted by Gasteiger charge is -2.31. The molecule has 0 N–H and O–H groups in total. The average molecular weight is 127 g/mol. The molecule has 1 unspecified atom stereocenters. The van der Waals surface area contributed by atoms with Gasteiger partial charge in [-0.1, -0.05) is 0 Å². The Hall–Kier alpha value is -0.280. The first kappa shape index (κ1) is 5.85. The lowest BCUT2D eigenvalue weighted by atomic mass is 9.90. The summed E-state index contributed by atoms with van der Waals surface area (Å²) in [4.78, 5) is 0. The van der Waals surface area contributed by atoms with E-state index in [0.29, 0.717) is 0 Å². The highest BCUT2D eigenvalue weighted by atomic mass is 19.3. The predicted octanol–water partition coefficient (Wildman–Crippen LogP) is 1.86. The van der Waals surface area contributed by atoms with Crippen LogP contribution in [-0.4, -0.2) is 12.1 Å². The molecular formula is C4H3F4. The lowest BCUT2D eigenvalue weighted by molar-refractivity contribution is -0.125. The molecule has 0 aliphatic heterocycles. The Labute approximate surface area is 43.5 Å². The maximum atomic E-state index is 11.5. The Balaban J connectivity index is 2.47. The van der Waals surface area contributed by atoms with E-state index >= 15 is 0 Å². The van der Waals surface area contributed by atoms with Gasteiger partial charge in [-0.15, -0.1) is 0 Å². The summed E-state index contributed by atoms with van der Waals surface area (Å²) in [6.07, 6.45) is -4.83. The molecule has 1 aliphatic carbocycles. The molecule has 0 aromatic rings. The molecule has 47 valence electrons. The second kappa shape index (κ2) is 1.36. The molecule has 0 aromatic heterocycles. The summed E-state index contributed by atoms with van der Waals surface area (Å²) < 4.78 is 46.1. The van der Waals surface area contributed by atoms with Gasteiger partial charge in [0.25, 0.3) is 5.92 Å². The van der Waals surface area contributed by atoms with E-state index in [1.807, 2.05) is 0 Å². The van der Waals surface area contributed by atoms with Crippen LogP contribution < -0.4 is 0 Å². The first-order chi connectivity index (χ1) is 3.54. The van der Waals surface area contributed by atoms with Crippen LogP contribution >= 0.6 is 0 Å². The monoisotopic (exact) mass is 127 g/mol. The quantitative estimate of drug-likeness (QED) is 0.435. The molecule has 0 aromatic carbocycles. The Kier molecular flexibility index (Phi) is 0.994. The van der Waals surface area contributed by atoms with Gasteiger partial charge in [0.15, 0.2) is 0 Å². The third-order valence-corrected chi connectivity index (χ3v) is 1.06. The highest BCUT2D eigenvalue weighted by molar-refractivity contribution is 5.12. The van der Waals surface area contributed by atoms with Gasteiger partial charge >= 0.3 is 0 Å². The van der Waals surface area contributed by atoms with Crippen molar-refractivity contribution in [3.63, 3.8) is 0 Å². The van der Waals surface area contributed by atoms with Gasteiger partial charge in [0, 0.05) is 6.42 Å². The fraction of sp³-hybridized carbons (Fsp3) is 0.750. The van der Waals surface area contributed by atoms with Crippen LogP contribution in [0.4, 0.5) is 17.6 Å². The molecular weight excluding hydrogens is 124 g/mol. The second-order valence-corrected chi connectivity index (χ2v) is 1.72. The molecule has 0 bridgehead atoms. The van der Waals surface area contributed by atoms with E-state index in [9.17, 15) is 17.6 Å². The van der Waals surface area contributed by atoms with Crippen LogP contribution in [0, 0.1) is 6.17 Å². The molecule has 1 atom stereocenters. The van der Waals surface area contributed by atoms with Gasteiger partial charge in [-0.25, -0.2) is 17.6 Å². The lowest BCUT2D eigenvalue weighted by Crippen LogP contribution is -2.44. The van der Waals surface area contributed by atoms with Gasteiger partial charge in [0.1, 0.15) is 6.17 Å². The zero-order chi connectivity index (χ0) is 6.36. The molecule has 0 nitrogen and oxygen atoms in total. The van der Waals surface area contributed by atoms with Crippen molar-refractivity contribution in [2.75, 3.05) is 0 Å². The van der Waals surface area contributed by atoms with E-state index in [1.165, 1.54) is 0 Å². The Morgan fingerprint density at radius 2 is 2.00 bits per heavy atom. The van der Waals surface area contributed by atoms with Crippen molar-refractivity contribution in [2.45, 2.75) is 18.5 Å². The SMILES string of the molecule is F[C]1C(F)CC1(F)F. The van der Waals surface area contributed by atoms with Crippen LogP contribution in [0.2, 0.25) is 0 Å². The van der Waals surface area contributed by atoms with E-state index < -0.39 is 24.7 Å². The molecule has 1 aliphatic rings. The summed E-state index contributed by atoms with van der Waals surface area (Å²) in [5.74, 6) is -3.47. The molecule has 0 spiro atoms. The smallest absolute Gasteiger partial charge is 0.243 e. The van der Waals surface area contributed by atoms with Crippen LogP contribution in [0.25, 0.3) is 0 Å². The van der Waals surface area contributed by atoms with E-state index in [1.54, 1.807) is 0 Å². The summed E-state index contributed by atoms with van der Waals surface area (Å²) in [5.41, 5.74) is 0. The van der Waals surface area contributed by atoms with Gasteiger partial charge in [-0.05, 0) is 0 Å². The molecule has 1 rings (SSSR count). The maximum absolute atomic E-state index is 11.5. The van der Waals surface area contributed by atoms with E-state index in [2.05, 4.69) is 0 Å². The molecule has 0 amide bonds. The summed E-state index contributed by atoms with van der Waals surface area (Å²) in [5, 5.41) is 0. The molecule has 1 saturated carbocycles. The van der Waals surface area contributed by atoms with Crippen molar-refractivity contribution in [3.05, 3.63) is 6.17 Å². The van der Waals surface area contributed by atoms with Crippen LogP contribution in [0.3, 0.4) is 0 Å². The Bertz CT molecular complexity index is 100. The van der Waals surface area contributed by atoms with Gasteiger partial charge in [0.05, 0.1) is 0 Å². The molecule has 8 heavy (non-hydrogen) atoms. The minimum atomic E-state index is -3.47. The normalized spacial score (nSPS) is 36.8. The third-order valence-electron chi connectivity index (χ3n) is 1.06. The summed E-state index contributed by atoms with van der Waals surface area (Å²) in [6, 6.07) is 0. The van der Waals surface area contributed by atoms with E-state index in [-0.39, 0.29) is 0 Å². The highest BCUT2D eigenvalue weighted by Gasteiger charge is 2.59. The number of rotatable bonds is 0. The van der Waals surface area contributed by atoms with Gasteiger partial charge in [-0.2, -0.15) is 0 Å². The van der Waals surface area contributed by atoms with Crippen LogP contribution in [0.1, 0.15) is 6.42 Å². The highest BCUT2D eigenvalue weighted by Crippen LogP contribution is 2.47. The van der Waals surface area contributed by atoms with Crippen molar-refractivity contribution >= 4 is 0 Å². The third kappa shape index (κ3) is 0.588. The fourth-order valence-electron chi connectivity index (χ4n) is 0.510. The molecule has 0 saturated heterocycles. The minimum Gasteiger partial charge on any atom is -0.243 e. The van der Waals surface area contributed by atoms with E-state index in [4.69, 9.17) is 0 Å². The molecule has 0 heterocycles. The van der Waals surface area contributed by atoms with Crippen molar-refractivity contribution in [2.24, 2.45) is 0 Å². The first-order valence-corrected chi connectivity index (χ1v) is 2.09. The Morgan fingerprint density at radius 1 is 1.50 bits per heavy atom. The van der Waals surface area contributed by atoms with Crippen molar-refractivity contribution in [1.82, 2.24) is 0 Å². The van der Waals surface area contributed by atoms with Crippen LogP contribution in [0.15, 0.2) is 0 Å².